The maximum Gasteiger partial charge on any atom is 0.293 e. The van der Waals surface area contributed by atoms with Gasteiger partial charge in [-0.2, -0.15) is 0 Å². The van der Waals surface area contributed by atoms with Crippen LogP contribution < -0.4 is 10.2 Å². The minimum Gasteiger partial charge on any atom is -0.366 e. The van der Waals surface area contributed by atoms with Gasteiger partial charge in [0.15, 0.2) is 0 Å². The van der Waals surface area contributed by atoms with E-state index in [-0.39, 0.29) is 11.6 Å². The van der Waals surface area contributed by atoms with Crippen LogP contribution in [0.4, 0.5) is 17.1 Å². The van der Waals surface area contributed by atoms with Crippen molar-refractivity contribution in [3.63, 3.8) is 0 Å². The monoisotopic (exact) mass is 381 g/mol. The molecule has 0 radical (unpaired) electrons. The Morgan fingerprint density at radius 3 is 2.43 bits per heavy atom. The predicted molar refractivity (Wildman–Crippen MR) is 112 cm³/mol. The lowest BCUT2D eigenvalue weighted by Gasteiger charge is -2.28. The molecule has 6 heteroatoms. The van der Waals surface area contributed by atoms with E-state index in [1.807, 2.05) is 29.2 Å². The van der Waals surface area contributed by atoms with Crippen LogP contribution in [0.15, 0.2) is 42.5 Å². The zero-order chi connectivity index (χ0) is 20.1. The summed E-state index contributed by atoms with van der Waals surface area (Å²) in [5.41, 5.74) is 2.78. The number of anilines is 2. The summed E-state index contributed by atoms with van der Waals surface area (Å²) in [5.74, 6) is 0.124. The van der Waals surface area contributed by atoms with E-state index < -0.39 is 4.92 Å². The fourth-order valence-electron chi connectivity index (χ4n) is 3.55. The Kier molecular flexibility index (Phi) is 6.29. The molecule has 6 nitrogen and oxygen atoms in total. The van der Waals surface area contributed by atoms with Crippen LogP contribution in [0.3, 0.4) is 0 Å². The smallest absolute Gasteiger partial charge is 0.293 e. The lowest BCUT2D eigenvalue weighted by molar-refractivity contribution is -0.384. The largest absolute Gasteiger partial charge is 0.366 e. The number of rotatable bonds is 6. The van der Waals surface area contributed by atoms with Crippen molar-refractivity contribution in [3.8, 4) is 0 Å². The number of nitrogens with one attached hydrogen (secondary N) is 1. The lowest BCUT2D eigenvalue weighted by Crippen LogP contribution is -2.30. The molecule has 2 aromatic rings. The lowest BCUT2D eigenvalue weighted by atomic mass is 9.98. The summed E-state index contributed by atoms with van der Waals surface area (Å²) in [6, 6.07) is 12.5. The number of hydrogen-bond acceptors (Lipinski definition) is 4. The second-order valence-corrected chi connectivity index (χ2v) is 7.39. The van der Waals surface area contributed by atoms with Crippen molar-refractivity contribution >= 4 is 23.0 Å². The van der Waals surface area contributed by atoms with Gasteiger partial charge in [-0.3, -0.25) is 14.9 Å². The highest BCUT2D eigenvalue weighted by Gasteiger charge is 2.23. The minimum atomic E-state index is -0.401. The van der Waals surface area contributed by atoms with Crippen LogP contribution in [0.1, 0.15) is 61.4 Å². The molecule has 1 N–H and O–H groups in total. The van der Waals surface area contributed by atoms with Crippen molar-refractivity contribution in [2.75, 3.05) is 23.3 Å². The first-order valence-corrected chi connectivity index (χ1v) is 9.94. The molecule has 1 aliphatic heterocycles. The molecule has 28 heavy (non-hydrogen) atoms. The third-order valence-corrected chi connectivity index (χ3v) is 5.48. The fraction of sp³-hybridized carbons (Fsp3) is 0.409. The molecule has 3 rings (SSSR count). The average molecular weight is 381 g/mol. The van der Waals surface area contributed by atoms with Gasteiger partial charge in [-0.05, 0) is 61.4 Å². The van der Waals surface area contributed by atoms with E-state index in [0.717, 1.165) is 38.8 Å². The molecule has 1 aliphatic rings. The van der Waals surface area contributed by atoms with Gasteiger partial charge in [-0.25, -0.2) is 0 Å². The second-order valence-electron chi connectivity index (χ2n) is 7.39. The van der Waals surface area contributed by atoms with Gasteiger partial charge in [0.25, 0.3) is 11.6 Å². The number of hydrogen-bond donors (Lipinski definition) is 1. The number of nitro benzene ring substituents is 1. The Morgan fingerprint density at radius 1 is 1.14 bits per heavy atom. The Hall–Kier alpha value is -2.89. The summed E-state index contributed by atoms with van der Waals surface area (Å²) in [6.07, 6.45) is 4.28. The van der Waals surface area contributed by atoms with E-state index in [2.05, 4.69) is 19.2 Å². The SMILES string of the molecule is CC[C@H](C)c1ccc(NC(=O)c2ccc(N3CCCCC3)c([N+](=O)[O-])c2)cc1. The van der Waals surface area contributed by atoms with Gasteiger partial charge in [0, 0.05) is 30.4 Å². The summed E-state index contributed by atoms with van der Waals surface area (Å²) in [5, 5.41) is 14.4. The molecule has 1 heterocycles. The first kappa shape index (κ1) is 19.9. The quantitative estimate of drug-likeness (QED) is 0.540. The molecule has 1 amide bonds. The Morgan fingerprint density at radius 2 is 1.82 bits per heavy atom. The van der Waals surface area contributed by atoms with Gasteiger partial charge in [-0.1, -0.05) is 26.0 Å². The molecule has 0 bridgehead atoms. The molecule has 2 aromatic carbocycles. The molecule has 148 valence electrons. The zero-order valence-corrected chi connectivity index (χ0v) is 16.5. The highest BCUT2D eigenvalue weighted by atomic mass is 16.6. The number of carbonyl (C=O) groups excluding carboxylic acids is 1. The topological polar surface area (TPSA) is 75.5 Å². The van der Waals surface area contributed by atoms with Crippen molar-refractivity contribution in [1.29, 1.82) is 0 Å². The second kappa shape index (κ2) is 8.87. The van der Waals surface area contributed by atoms with Crippen molar-refractivity contribution < 1.29 is 9.72 Å². The van der Waals surface area contributed by atoms with Gasteiger partial charge >= 0.3 is 0 Å². The Balaban J connectivity index is 1.78. The van der Waals surface area contributed by atoms with E-state index in [4.69, 9.17) is 0 Å². The third kappa shape index (κ3) is 4.50. The standard InChI is InChI=1S/C22H27N3O3/c1-3-16(2)17-7-10-19(11-8-17)23-22(26)18-9-12-20(21(15-18)25(27)28)24-13-5-4-6-14-24/h7-12,15-16H,3-6,13-14H2,1-2H3,(H,23,26)/t16-/m0/s1. The number of carbonyl (C=O) groups is 1. The first-order chi connectivity index (χ1) is 13.5. The van der Waals surface area contributed by atoms with Crippen LogP contribution in [0.25, 0.3) is 0 Å². The molecule has 1 atom stereocenters. The highest BCUT2D eigenvalue weighted by Crippen LogP contribution is 2.31. The average Bonchev–Trinajstić information content (AvgIpc) is 2.73. The third-order valence-electron chi connectivity index (χ3n) is 5.48. The Labute approximate surface area is 165 Å². The molecule has 0 aromatic heterocycles. The molecule has 0 spiro atoms. The van der Waals surface area contributed by atoms with Crippen LogP contribution in [-0.4, -0.2) is 23.9 Å². The summed E-state index contributed by atoms with van der Waals surface area (Å²) >= 11 is 0. The molecule has 1 saturated heterocycles. The van der Waals surface area contributed by atoms with Crippen LogP contribution in [0.5, 0.6) is 0 Å². The first-order valence-electron chi connectivity index (χ1n) is 9.94. The van der Waals surface area contributed by atoms with Crippen molar-refractivity contribution in [2.24, 2.45) is 0 Å². The normalized spacial score (nSPS) is 15.1. The van der Waals surface area contributed by atoms with E-state index in [1.54, 1.807) is 12.1 Å². The number of piperidine rings is 1. The molecule has 1 fully saturated rings. The molecule has 0 aliphatic carbocycles. The van der Waals surface area contributed by atoms with Gasteiger partial charge < -0.3 is 10.2 Å². The van der Waals surface area contributed by atoms with Gasteiger partial charge in [0.1, 0.15) is 5.69 Å². The number of amides is 1. The maximum absolute atomic E-state index is 12.6. The maximum atomic E-state index is 12.6. The van der Waals surface area contributed by atoms with Gasteiger partial charge in [0.2, 0.25) is 0 Å². The molecular weight excluding hydrogens is 354 g/mol. The van der Waals surface area contributed by atoms with Crippen molar-refractivity contribution in [3.05, 3.63) is 63.7 Å². The van der Waals surface area contributed by atoms with Gasteiger partial charge in [0.05, 0.1) is 4.92 Å². The minimum absolute atomic E-state index is 0.0123. The van der Waals surface area contributed by atoms with Crippen LogP contribution in [-0.2, 0) is 0 Å². The summed E-state index contributed by atoms with van der Waals surface area (Å²) in [4.78, 5) is 25.8. The van der Waals surface area contributed by atoms with Crippen molar-refractivity contribution in [1.82, 2.24) is 0 Å². The van der Waals surface area contributed by atoms with Crippen LogP contribution in [0, 0.1) is 10.1 Å². The van der Waals surface area contributed by atoms with E-state index in [9.17, 15) is 14.9 Å². The zero-order valence-electron chi connectivity index (χ0n) is 16.5. The molecule has 0 unspecified atom stereocenters. The van der Waals surface area contributed by atoms with E-state index in [1.165, 1.54) is 11.6 Å². The van der Waals surface area contributed by atoms with Crippen LogP contribution in [0.2, 0.25) is 0 Å². The predicted octanol–water partition coefficient (Wildman–Crippen LogP) is 5.35. The Bertz CT molecular complexity index is 843. The number of benzene rings is 2. The fourth-order valence-corrected chi connectivity index (χ4v) is 3.55. The summed E-state index contributed by atoms with van der Waals surface area (Å²) in [7, 11) is 0. The summed E-state index contributed by atoms with van der Waals surface area (Å²) in [6.45, 7) is 5.93. The van der Waals surface area contributed by atoms with E-state index in [0.29, 0.717) is 22.9 Å². The summed E-state index contributed by atoms with van der Waals surface area (Å²) < 4.78 is 0. The van der Waals surface area contributed by atoms with Crippen LogP contribution >= 0.6 is 0 Å². The van der Waals surface area contributed by atoms with E-state index >= 15 is 0 Å². The van der Waals surface area contributed by atoms with Crippen molar-refractivity contribution in [2.45, 2.75) is 45.4 Å². The molecule has 0 saturated carbocycles. The highest BCUT2D eigenvalue weighted by molar-refractivity contribution is 6.05. The van der Waals surface area contributed by atoms with Gasteiger partial charge in [-0.15, -0.1) is 0 Å². The molecular formula is C22H27N3O3. The number of nitro groups is 1. The number of nitrogens with zero attached hydrogens (tertiary/aromatic N) is 2.